The number of hydrogen-bond donors (Lipinski definition) is 2. The zero-order chi connectivity index (χ0) is 33.3. The first kappa shape index (κ1) is 33.9. The van der Waals surface area contributed by atoms with Crippen molar-refractivity contribution in [3.8, 4) is 16.9 Å². The van der Waals surface area contributed by atoms with Crippen LogP contribution in [0.2, 0.25) is 0 Å². The first-order valence-electron chi connectivity index (χ1n) is 16.6. The topological polar surface area (TPSA) is 97.7 Å². The molecule has 9 nitrogen and oxygen atoms in total. The number of carbonyl (C=O) groups is 1. The summed E-state index contributed by atoms with van der Waals surface area (Å²) in [5.74, 6) is 1.07. The van der Waals surface area contributed by atoms with E-state index in [1.807, 2.05) is 60.7 Å². The third-order valence-corrected chi connectivity index (χ3v) is 8.56. The minimum absolute atomic E-state index is 0.194. The van der Waals surface area contributed by atoms with Crippen LogP contribution < -0.4 is 20.9 Å². The molecule has 4 aromatic rings. The molecule has 3 heterocycles. The van der Waals surface area contributed by atoms with Crippen LogP contribution in [0.3, 0.4) is 0 Å². The Bertz CT molecular complexity index is 1730. The normalized spacial score (nSPS) is 13.7. The fourth-order valence-electron chi connectivity index (χ4n) is 6.11. The first-order chi connectivity index (χ1) is 22.8. The van der Waals surface area contributed by atoms with E-state index in [-0.39, 0.29) is 23.1 Å². The molecule has 2 N–H and O–H groups in total. The zero-order valence-corrected chi connectivity index (χ0v) is 28.1. The molecular formula is C38H47N5O4. The van der Waals surface area contributed by atoms with Crippen molar-refractivity contribution in [2.45, 2.75) is 58.9 Å². The van der Waals surface area contributed by atoms with Gasteiger partial charge in [0.1, 0.15) is 23.7 Å². The van der Waals surface area contributed by atoms with Gasteiger partial charge in [0.05, 0.1) is 13.2 Å². The lowest BCUT2D eigenvalue weighted by Crippen LogP contribution is -2.38. The van der Waals surface area contributed by atoms with Gasteiger partial charge in [-0.2, -0.15) is 0 Å². The summed E-state index contributed by atoms with van der Waals surface area (Å²) in [6.45, 7) is 17.3. The van der Waals surface area contributed by atoms with Crippen LogP contribution in [-0.2, 0) is 11.3 Å². The molecule has 5 rings (SSSR count). The Hall–Kier alpha value is -4.47. The number of aromatic nitrogens is 2. The molecular weight excluding hydrogens is 590 g/mol. The van der Waals surface area contributed by atoms with Crippen molar-refractivity contribution in [2.24, 2.45) is 0 Å². The molecule has 1 aliphatic rings. The number of fused-ring (bicyclic) bond motifs is 1. The summed E-state index contributed by atoms with van der Waals surface area (Å²) < 4.78 is 13.3. The van der Waals surface area contributed by atoms with Crippen LogP contribution >= 0.6 is 0 Å². The smallest absolute Gasteiger partial charge is 0.323 e. The molecule has 0 atom stereocenters. The molecule has 2 amide bonds. The van der Waals surface area contributed by atoms with Gasteiger partial charge in [-0.15, -0.1) is 6.58 Å². The Morgan fingerprint density at radius 3 is 2.38 bits per heavy atom. The van der Waals surface area contributed by atoms with Gasteiger partial charge in [0.25, 0.3) is 5.56 Å². The maximum atomic E-state index is 14.3. The highest BCUT2D eigenvalue weighted by Gasteiger charge is 2.23. The lowest BCUT2D eigenvalue weighted by molar-refractivity contribution is 0.0322. The van der Waals surface area contributed by atoms with Gasteiger partial charge < -0.3 is 20.1 Å². The number of unbranched alkanes of at least 4 members (excludes halogenated alkanes) is 1. The number of anilines is 2. The summed E-state index contributed by atoms with van der Waals surface area (Å²) in [5, 5.41) is 6.88. The van der Waals surface area contributed by atoms with Gasteiger partial charge in [-0.25, -0.2) is 9.78 Å². The van der Waals surface area contributed by atoms with Gasteiger partial charge in [0, 0.05) is 49.0 Å². The fourth-order valence-corrected chi connectivity index (χ4v) is 6.11. The van der Waals surface area contributed by atoms with Crippen LogP contribution in [0, 0.1) is 0 Å². The molecule has 0 aliphatic carbocycles. The quantitative estimate of drug-likeness (QED) is 0.116. The lowest BCUT2D eigenvalue weighted by Gasteiger charge is -2.26. The number of allylic oxidation sites excluding steroid dienone is 1. The third-order valence-electron chi connectivity index (χ3n) is 8.56. The summed E-state index contributed by atoms with van der Waals surface area (Å²) in [5.41, 5.74) is 4.66. The Labute approximate surface area is 277 Å². The third kappa shape index (κ3) is 8.10. The van der Waals surface area contributed by atoms with Gasteiger partial charge in [-0.3, -0.25) is 14.3 Å². The minimum atomic E-state index is -0.475. The minimum Gasteiger partial charge on any atom is -0.492 e. The number of amides is 2. The fraction of sp³-hybridized carbons (Fsp3) is 0.395. The number of nitrogens with one attached hydrogen (secondary N) is 2. The molecule has 0 bridgehead atoms. The van der Waals surface area contributed by atoms with E-state index < -0.39 is 6.03 Å². The van der Waals surface area contributed by atoms with Crippen molar-refractivity contribution in [3.05, 3.63) is 94.9 Å². The molecule has 1 saturated heterocycles. The van der Waals surface area contributed by atoms with Crippen LogP contribution in [0.15, 0.2) is 78.2 Å². The van der Waals surface area contributed by atoms with E-state index in [9.17, 15) is 9.59 Å². The van der Waals surface area contributed by atoms with Gasteiger partial charge >= 0.3 is 6.03 Å². The van der Waals surface area contributed by atoms with Crippen LogP contribution in [0.4, 0.5) is 16.2 Å². The maximum absolute atomic E-state index is 14.3. The van der Waals surface area contributed by atoms with Gasteiger partial charge in [-0.1, -0.05) is 64.1 Å². The van der Waals surface area contributed by atoms with E-state index >= 15 is 0 Å². The van der Waals surface area contributed by atoms with Crippen LogP contribution in [-0.4, -0.2) is 59.9 Å². The van der Waals surface area contributed by atoms with Crippen molar-refractivity contribution in [2.75, 3.05) is 50.1 Å². The summed E-state index contributed by atoms with van der Waals surface area (Å²) >= 11 is 0. The predicted octanol–water partition coefficient (Wildman–Crippen LogP) is 7.63. The first-order valence-corrected chi connectivity index (χ1v) is 16.6. The van der Waals surface area contributed by atoms with Crippen molar-refractivity contribution < 1.29 is 14.3 Å². The highest BCUT2D eigenvalue weighted by atomic mass is 16.5. The summed E-state index contributed by atoms with van der Waals surface area (Å²) in [7, 11) is 0. The van der Waals surface area contributed by atoms with Gasteiger partial charge in [-0.05, 0) is 65.6 Å². The molecule has 2 aromatic carbocycles. The van der Waals surface area contributed by atoms with Crippen molar-refractivity contribution >= 4 is 28.4 Å². The maximum Gasteiger partial charge on any atom is 0.323 e. The lowest BCUT2D eigenvalue weighted by atomic mass is 9.93. The van der Waals surface area contributed by atoms with E-state index in [2.05, 4.69) is 54.8 Å². The monoisotopic (exact) mass is 637 g/mol. The number of morpholine rings is 1. The van der Waals surface area contributed by atoms with Crippen LogP contribution in [0.25, 0.3) is 22.2 Å². The molecule has 0 unspecified atom stereocenters. The Kier molecular flexibility index (Phi) is 11.5. The van der Waals surface area contributed by atoms with Gasteiger partial charge in [0.15, 0.2) is 0 Å². The number of rotatable bonds is 13. The number of para-hydroxylation sites is 1. The molecule has 0 radical (unpaired) electrons. The van der Waals surface area contributed by atoms with E-state index in [0.29, 0.717) is 36.5 Å². The number of urea groups is 1. The second-order valence-corrected chi connectivity index (χ2v) is 12.5. The number of pyridine rings is 2. The predicted molar refractivity (Wildman–Crippen MR) is 191 cm³/mol. The summed E-state index contributed by atoms with van der Waals surface area (Å²) in [6, 6.07) is 17.1. The van der Waals surface area contributed by atoms with E-state index in [4.69, 9.17) is 9.47 Å². The molecule has 2 aromatic heterocycles. The zero-order valence-electron chi connectivity index (χ0n) is 28.1. The molecule has 47 heavy (non-hydrogen) atoms. The average Bonchev–Trinajstić information content (AvgIpc) is 3.07. The SMILES string of the molecule is C=CCCCn1c(=O)c(NC(=O)Nc2c(C(C)C)cccc2C(C)C)c(-c2cccc(OCCN3CCOCC3)c2)c2cccnc21. The summed E-state index contributed by atoms with van der Waals surface area (Å²) in [4.78, 5) is 35.2. The van der Waals surface area contributed by atoms with Crippen molar-refractivity contribution in [1.29, 1.82) is 0 Å². The number of ether oxygens (including phenoxy) is 2. The van der Waals surface area contributed by atoms with Crippen LogP contribution in [0.1, 0.15) is 63.5 Å². The van der Waals surface area contributed by atoms with Crippen LogP contribution in [0.5, 0.6) is 5.75 Å². The Balaban J connectivity index is 1.55. The number of carbonyl (C=O) groups excluding carboxylic acids is 1. The number of benzene rings is 2. The number of nitrogens with zero attached hydrogens (tertiary/aromatic N) is 3. The molecule has 9 heteroatoms. The average molecular weight is 638 g/mol. The second kappa shape index (κ2) is 15.9. The molecule has 1 fully saturated rings. The van der Waals surface area contributed by atoms with E-state index in [1.54, 1.807) is 10.8 Å². The molecule has 0 spiro atoms. The highest BCUT2D eigenvalue weighted by molar-refractivity contribution is 6.07. The van der Waals surface area contributed by atoms with E-state index in [0.717, 1.165) is 67.0 Å². The van der Waals surface area contributed by atoms with Gasteiger partial charge in [0.2, 0.25) is 0 Å². The molecule has 248 valence electrons. The standard InChI is InChI=1S/C38H47N5O4/c1-6-7-8-18-43-36-32(16-11-17-39-36)33(28-12-9-13-29(25-28)47-24-21-42-19-22-46-23-20-42)35(37(43)44)41-38(45)40-34-30(26(2)3)14-10-15-31(34)27(4)5/h6,9-17,25-27H,1,7-8,18-24H2,2-5H3,(H2,40,41,45). The largest absolute Gasteiger partial charge is 0.492 e. The Morgan fingerprint density at radius 2 is 1.68 bits per heavy atom. The van der Waals surface area contributed by atoms with E-state index in [1.165, 1.54) is 0 Å². The summed E-state index contributed by atoms with van der Waals surface area (Å²) in [6.07, 6.45) is 4.99. The molecule has 1 aliphatic heterocycles. The highest BCUT2D eigenvalue weighted by Crippen LogP contribution is 2.36. The Morgan fingerprint density at radius 1 is 0.979 bits per heavy atom. The van der Waals surface area contributed by atoms with Crippen molar-refractivity contribution in [1.82, 2.24) is 14.5 Å². The molecule has 0 saturated carbocycles. The number of aryl methyl sites for hydroxylation is 1. The number of hydrogen-bond acceptors (Lipinski definition) is 6. The van der Waals surface area contributed by atoms with Crippen molar-refractivity contribution in [3.63, 3.8) is 0 Å². The second-order valence-electron chi connectivity index (χ2n) is 12.5.